The lowest BCUT2D eigenvalue weighted by Crippen LogP contribution is -2.16. The van der Waals surface area contributed by atoms with Crippen molar-refractivity contribution < 1.29 is 0 Å². The highest BCUT2D eigenvalue weighted by Gasteiger charge is 2.17. The number of hydrogen-bond acceptors (Lipinski definition) is 3. The van der Waals surface area contributed by atoms with Crippen LogP contribution in [-0.4, -0.2) is 15.4 Å². The fourth-order valence-corrected chi connectivity index (χ4v) is 1.06. The molecule has 0 fully saturated rings. The Kier molecular flexibility index (Phi) is 1.89. The van der Waals surface area contributed by atoms with E-state index in [1.807, 2.05) is 6.92 Å². The standard InChI is InChI=1S/C8H13N3/c1-6-5-9-11-10-7(6)8(2,3)4/h5H,1-4H3. The van der Waals surface area contributed by atoms with E-state index in [1.165, 1.54) is 0 Å². The van der Waals surface area contributed by atoms with Crippen LogP contribution in [0, 0.1) is 6.92 Å². The molecule has 3 nitrogen and oxygen atoms in total. The largest absolute Gasteiger partial charge is 0.138 e. The van der Waals surface area contributed by atoms with Gasteiger partial charge in [0.25, 0.3) is 0 Å². The van der Waals surface area contributed by atoms with Gasteiger partial charge in [-0.25, -0.2) is 0 Å². The Bertz CT molecular complexity index is 250. The smallest absolute Gasteiger partial charge is 0.0747 e. The van der Waals surface area contributed by atoms with E-state index in [0.29, 0.717) is 0 Å². The van der Waals surface area contributed by atoms with Crippen LogP contribution in [0.25, 0.3) is 0 Å². The van der Waals surface area contributed by atoms with Crippen LogP contribution in [0.2, 0.25) is 0 Å². The molecule has 0 aliphatic carbocycles. The van der Waals surface area contributed by atoms with E-state index in [2.05, 4.69) is 36.2 Å². The average Bonchev–Trinajstić information content (AvgIpc) is 1.86. The van der Waals surface area contributed by atoms with Crippen LogP contribution >= 0.6 is 0 Å². The van der Waals surface area contributed by atoms with Gasteiger partial charge in [0.05, 0.1) is 11.9 Å². The molecular formula is C8H13N3. The topological polar surface area (TPSA) is 38.7 Å². The molecular weight excluding hydrogens is 138 g/mol. The molecule has 0 atom stereocenters. The Morgan fingerprint density at radius 1 is 1.27 bits per heavy atom. The third kappa shape index (κ3) is 1.73. The van der Waals surface area contributed by atoms with Crippen LogP contribution in [0.5, 0.6) is 0 Å². The summed E-state index contributed by atoms with van der Waals surface area (Å²) in [6, 6.07) is 0. The fourth-order valence-electron chi connectivity index (χ4n) is 1.06. The lowest BCUT2D eigenvalue weighted by atomic mass is 9.90. The summed E-state index contributed by atoms with van der Waals surface area (Å²) in [4.78, 5) is 0. The van der Waals surface area contributed by atoms with Crippen LogP contribution in [0.15, 0.2) is 6.20 Å². The van der Waals surface area contributed by atoms with Crippen molar-refractivity contribution in [3.05, 3.63) is 17.5 Å². The van der Waals surface area contributed by atoms with Gasteiger partial charge in [-0.3, -0.25) is 0 Å². The predicted octanol–water partition coefficient (Wildman–Crippen LogP) is 1.48. The average molecular weight is 151 g/mol. The quantitative estimate of drug-likeness (QED) is 0.563. The molecule has 0 bridgehead atoms. The summed E-state index contributed by atoms with van der Waals surface area (Å²) in [5.74, 6) is 0. The minimum Gasteiger partial charge on any atom is -0.138 e. The highest BCUT2D eigenvalue weighted by atomic mass is 15.3. The molecule has 0 aliphatic rings. The van der Waals surface area contributed by atoms with Crippen LogP contribution in [0.3, 0.4) is 0 Å². The van der Waals surface area contributed by atoms with E-state index in [-0.39, 0.29) is 5.41 Å². The molecule has 0 saturated heterocycles. The van der Waals surface area contributed by atoms with Gasteiger partial charge in [0.1, 0.15) is 0 Å². The molecule has 60 valence electrons. The first-order chi connectivity index (χ1) is 5.02. The summed E-state index contributed by atoms with van der Waals surface area (Å²) in [6.07, 6.45) is 1.74. The van der Waals surface area contributed by atoms with E-state index in [0.717, 1.165) is 11.3 Å². The van der Waals surface area contributed by atoms with Gasteiger partial charge in [-0.2, -0.15) is 0 Å². The van der Waals surface area contributed by atoms with Crippen LogP contribution < -0.4 is 0 Å². The normalized spacial score (nSPS) is 11.6. The maximum atomic E-state index is 3.99. The van der Waals surface area contributed by atoms with Crippen molar-refractivity contribution in [3.63, 3.8) is 0 Å². The molecule has 0 spiro atoms. The number of hydrogen-bond donors (Lipinski definition) is 0. The molecule has 0 radical (unpaired) electrons. The molecule has 0 aromatic carbocycles. The first kappa shape index (κ1) is 8.11. The first-order valence-electron chi connectivity index (χ1n) is 3.67. The van der Waals surface area contributed by atoms with Gasteiger partial charge in [-0.15, -0.1) is 10.2 Å². The van der Waals surface area contributed by atoms with Crippen molar-refractivity contribution in [1.29, 1.82) is 0 Å². The van der Waals surface area contributed by atoms with Gasteiger partial charge in [0.15, 0.2) is 0 Å². The first-order valence-corrected chi connectivity index (χ1v) is 3.67. The van der Waals surface area contributed by atoms with Crippen molar-refractivity contribution in [2.24, 2.45) is 0 Å². The summed E-state index contributed by atoms with van der Waals surface area (Å²) in [5, 5.41) is 11.3. The minimum absolute atomic E-state index is 0.0695. The van der Waals surface area contributed by atoms with Gasteiger partial charge < -0.3 is 0 Å². The highest BCUT2D eigenvalue weighted by molar-refractivity contribution is 5.19. The summed E-state index contributed by atoms with van der Waals surface area (Å²) in [7, 11) is 0. The molecule has 0 unspecified atom stereocenters. The second kappa shape index (κ2) is 2.57. The second-order valence-corrected chi connectivity index (χ2v) is 3.72. The summed E-state index contributed by atoms with van der Waals surface area (Å²) in [6.45, 7) is 8.35. The third-order valence-electron chi connectivity index (χ3n) is 1.53. The Labute approximate surface area is 66.9 Å². The molecule has 1 aromatic heterocycles. The Hall–Kier alpha value is -0.990. The van der Waals surface area contributed by atoms with Crippen LogP contribution in [-0.2, 0) is 5.41 Å². The molecule has 11 heavy (non-hydrogen) atoms. The van der Waals surface area contributed by atoms with Gasteiger partial charge in [-0.1, -0.05) is 20.8 Å². The summed E-state index contributed by atoms with van der Waals surface area (Å²) < 4.78 is 0. The van der Waals surface area contributed by atoms with Crippen molar-refractivity contribution >= 4 is 0 Å². The number of rotatable bonds is 0. The maximum absolute atomic E-state index is 3.99. The van der Waals surface area contributed by atoms with Gasteiger partial charge in [0, 0.05) is 5.41 Å². The molecule has 0 amide bonds. The lowest BCUT2D eigenvalue weighted by Gasteiger charge is -2.17. The monoisotopic (exact) mass is 151 g/mol. The zero-order valence-corrected chi connectivity index (χ0v) is 7.42. The molecule has 1 rings (SSSR count). The van der Waals surface area contributed by atoms with E-state index in [4.69, 9.17) is 0 Å². The number of nitrogens with zero attached hydrogens (tertiary/aromatic N) is 3. The van der Waals surface area contributed by atoms with Gasteiger partial charge in [0.2, 0.25) is 0 Å². The summed E-state index contributed by atoms with van der Waals surface area (Å²) in [5.41, 5.74) is 2.19. The Balaban J connectivity index is 3.14. The highest BCUT2D eigenvalue weighted by Crippen LogP contribution is 2.21. The van der Waals surface area contributed by atoms with E-state index >= 15 is 0 Å². The molecule has 0 aliphatic heterocycles. The molecule has 0 saturated carbocycles. The third-order valence-corrected chi connectivity index (χ3v) is 1.53. The zero-order valence-electron chi connectivity index (χ0n) is 7.42. The lowest BCUT2D eigenvalue weighted by molar-refractivity contribution is 0.545. The molecule has 0 N–H and O–H groups in total. The van der Waals surface area contributed by atoms with E-state index in [1.54, 1.807) is 6.20 Å². The zero-order chi connectivity index (χ0) is 8.48. The number of aromatic nitrogens is 3. The number of aryl methyl sites for hydroxylation is 1. The Morgan fingerprint density at radius 3 is 2.27 bits per heavy atom. The molecule has 1 heterocycles. The van der Waals surface area contributed by atoms with E-state index in [9.17, 15) is 0 Å². The Morgan fingerprint density at radius 2 is 1.91 bits per heavy atom. The summed E-state index contributed by atoms with van der Waals surface area (Å²) >= 11 is 0. The minimum atomic E-state index is 0.0695. The second-order valence-electron chi connectivity index (χ2n) is 3.72. The van der Waals surface area contributed by atoms with Crippen molar-refractivity contribution in [2.45, 2.75) is 33.1 Å². The predicted molar refractivity (Wildman–Crippen MR) is 43.3 cm³/mol. The van der Waals surface area contributed by atoms with Gasteiger partial charge in [-0.05, 0) is 17.7 Å². The van der Waals surface area contributed by atoms with Crippen molar-refractivity contribution in [3.8, 4) is 0 Å². The van der Waals surface area contributed by atoms with E-state index < -0.39 is 0 Å². The molecule has 1 aromatic rings. The fraction of sp³-hybridized carbons (Fsp3) is 0.625. The molecule has 3 heteroatoms. The van der Waals surface area contributed by atoms with Crippen molar-refractivity contribution in [2.75, 3.05) is 0 Å². The van der Waals surface area contributed by atoms with Crippen LogP contribution in [0.1, 0.15) is 32.0 Å². The van der Waals surface area contributed by atoms with Gasteiger partial charge >= 0.3 is 0 Å². The maximum Gasteiger partial charge on any atom is 0.0747 e. The van der Waals surface area contributed by atoms with Crippen LogP contribution in [0.4, 0.5) is 0 Å². The SMILES string of the molecule is Cc1cnnnc1C(C)(C)C. The van der Waals surface area contributed by atoms with Crippen molar-refractivity contribution in [1.82, 2.24) is 15.4 Å².